The van der Waals surface area contributed by atoms with Crippen LogP contribution in [0.4, 0.5) is 11.4 Å². The van der Waals surface area contributed by atoms with Crippen LogP contribution in [0.5, 0.6) is 0 Å². The molecule has 2 heteroatoms. The summed E-state index contributed by atoms with van der Waals surface area (Å²) in [5, 5.41) is 4.64. The number of para-hydroxylation sites is 1. The average molecular weight is 423 g/mol. The zero-order chi connectivity index (χ0) is 21.8. The summed E-state index contributed by atoms with van der Waals surface area (Å²) in [5.74, 6) is 0. The van der Waals surface area contributed by atoms with E-state index in [0.717, 1.165) is 28.5 Å². The van der Waals surface area contributed by atoms with E-state index < -0.39 is 0 Å². The lowest BCUT2D eigenvalue weighted by Crippen LogP contribution is -2.01. The van der Waals surface area contributed by atoms with E-state index >= 15 is 0 Å². The van der Waals surface area contributed by atoms with Gasteiger partial charge in [-0.2, -0.15) is 0 Å². The average Bonchev–Trinajstić information content (AvgIpc) is 3.38. The number of hydrogen-bond acceptors (Lipinski definition) is 2. The fourth-order valence-electron chi connectivity index (χ4n) is 5.28. The summed E-state index contributed by atoms with van der Waals surface area (Å²) in [6.07, 6.45) is 14.9. The lowest BCUT2D eigenvalue weighted by atomic mass is 9.94. The van der Waals surface area contributed by atoms with Gasteiger partial charge in [-0.25, -0.2) is 9.98 Å². The molecule has 0 radical (unpaired) electrons. The number of unbranched alkanes of at least 4 members (excludes halogenated alkanes) is 9. The molecule has 0 N–H and O–H groups in total. The Labute approximate surface area is 191 Å². The topological polar surface area (TPSA) is 24.7 Å². The van der Waals surface area contributed by atoms with Crippen LogP contribution < -0.4 is 10.7 Å². The SMILES string of the molecule is CCCCCCCCCCCCc1cccc2c1-c1c3c(ccc1=N2)=c1ccccc1=N3. The molecule has 0 bridgehead atoms. The normalized spacial score (nSPS) is 12.5. The molecule has 0 fully saturated rings. The van der Waals surface area contributed by atoms with Crippen molar-refractivity contribution >= 4 is 11.4 Å². The molecule has 164 valence electrons. The monoisotopic (exact) mass is 422 g/mol. The maximum absolute atomic E-state index is 5.02. The highest BCUT2D eigenvalue weighted by Gasteiger charge is 2.22. The molecule has 2 heterocycles. The van der Waals surface area contributed by atoms with E-state index in [2.05, 4.69) is 61.5 Å². The predicted molar refractivity (Wildman–Crippen MR) is 133 cm³/mol. The summed E-state index contributed by atoms with van der Waals surface area (Å²) in [4.78, 5) is 9.98. The number of hydrogen-bond donors (Lipinski definition) is 0. The second kappa shape index (κ2) is 9.81. The van der Waals surface area contributed by atoms with Gasteiger partial charge in [-0.15, -0.1) is 0 Å². The van der Waals surface area contributed by atoms with Crippen LogP contribution in [0.15, 0.2) is 64.6 Å². The molecular formula is C30H34N2. The van der Waals surface area contributed by atoms with Crippen molar-refractivity contribution in [2.45, 2.75) is 77.6 Å². The highest BCUT2D eigenvalue weighted by molar-refractivity contribution is 5.89. The van der Waals surface area contributed by atoms with Crippen LogP contribution in [0.1, 0.15) is 76.7 Å². The first-order chi connectivity index (χ1) is 15.9. The third-order valence-corrected chi connectivity index (χ3v) is 7.00. The van der Waals surface area contributed by atoms with Crippen molar-refractivity contribution in [3.63, 3.8) is 0 Å². The minimum Gasteiger partial charge on any atom is -0.248 e. The van der Waals surface area contributed by atoms with E-state index in [4.69, 9.17) is 9.98 Å². The van der Waals surface area contributed by atoms with Gasteiger partial charge >= 0.3 is 0 Å². The van der Waals surface area contributed by atoms with Gasteiger partial charge in [0.2, 0.25) is 0 Å². The Hall–Kier alpha value is -2.74. The van der Waals surface area contributed by atoms with Crippen LogP contribution in [0, 0.1) is 10.4 Å². The predicted octanol–water partition coefficient (Wildman–Crippen LogP) is 7.63. The minimum atomic E-state index is 1.07. The highest BCUT2D eigenvalue weighted by atomic mass is 14.8. The third kappa shape index (κ3) is 4.16. The molecule has 0 saturated carbocycles. The molecule has 0 unspecified atom stereocenters. The van der Waals surface area contributed by atoms with Gasteiger partial charge in [-0.3, -0.25) is 0 Å². The summed E-state index contributed by atoms with van der Waals surface area (Å²) in [6, 6.07) is 19.5. The number of nitrogens with zero attached hydrogens (tertiary/aromatic N) is 2. The second-order valence-electron chi connectivity index (χ2n) is 9.34. The van der Waals surface area contributed by atoms with Gasteiger partial charge in [0.1, 0.15) is 0 Å². The molecule has 32 heavy (non-hydrogen) atoms. The summed E-state index contributed by atoms with van der Waals surface area (Å²) in [5.41, 5.74) is 6.23. The number of fused-ring (bicyclic) bond motifs is 6. The van der Waals surface area contributed by atoms with Crippen LogP contribution in [-0.2, 0) is 6.42 Å². The van der Waals surface area contributed by atoms with Gasteiger partial charge in [-0.1, -0.05) is 95.0 Å². The Balaban J connectivity index is 1.28. The van der Waals surface area contributed by atoms with Gasteiger partial charge < -0.3 is 0 Å². The summed E-state index contributed by atoms with van der Waals surface area (Å²) >= 11 is 0. The van der Waals surface area contributed by atoms with Crippen molar-refractivity contribution in [1.29, 1.82) is 0 Å². The molecule has 3 aromatic rings. The molecule has 0 spiro atoms. The summed E-state index contributed by atoms with van der Waals surface area (Å²) in [6.45, 7) is 2.29. The molecule has 0 aliphatic carbocycles. The second-order valence-corrected chi connectivity index (χ2v) is 9.34. The lowest BCUT2D eigenvalue weighted by molar-refractivity contribution is 0.556. The number of aryl methyl sites for hydroxylation is 1. The largest absolute Gasteiger partial charge is 0.248 e. The summed E-state index contributed by atoms with van der Waals surface area (Å²) < 4.78 is 0. The first-order valence-electron chi connectivity index (χ1n) is 12.7. The Kier molecular flexibility index (Phi) is 6.48. The van der Waals surface area contributed by atoms with Gasteiger partial charge in [0.25, 0.3) is 0 Å². The van der Waals surface area contributed by atoms with E-state index in [1.54, 1.807) is 0 Å². The van der Waals surface area contributed by atoms with E-state index in [0.29, 0.717) is 0 Å². The minimum absolute atomic E-state index is 1.07. The zero-order valence-electron chi connectivity index (χ0n) is 19.4. The zero-order valence-corrected chi connectivity index (χ0v) is 19.4. The van der Waals surface area contributed by atoms with E-state index in [9.17, 15) is 0 Å². The Morgan fingerprint density at radius 3 is 2.12 bits per heavy atom. The van der Waals surface area contributed by atoms with Crippen LogP contribution in [0.25, 0.3) is 11.1 Å². The van der Waals surface area contributed by atoms with Gasteiger partial charge in [0.15, 0.2) is 0 Å². The number of rotatable bonds is 11. The quantitative estimate of drug-likeness (QED) is 0.195. The molecule has 2 aliphatic rings. The third-order valence-electron chi connectivity index (χ3n) is 7.00. The van der Waals surface area contributed by atoms with Gasteiger partial charge in [0.05, 0.1) is 22.1 Å². The van der Waals surface area contributed by atoms with Crippen molar-refractivity contribution in [1.82, 2.24) is 0 Å². The molecule has 0 atom stereocenters. The van der Waals surface area contributed by atoms with Crippen molar-refractivity contribution in [2.75, 3.05) is 0 Å². The van der Waals surface area contributed by atoms with E-state index in [1.807, 2.05) is 0 Å². The number of benzene rings is 3. The molecular weight excluding hydrogens is 388 g/mol. The Morgan fingerprint density at radius 1 is 0.562 bits per heavy atom. The van der Waals surface area contributed by atoms with Crippen molar-refractivity contribution in [3.05, 3.63) is 81.3 Å². The maximum atomic E-state index is 5.02. The first-order valence-corrected chi connectivity index (χ1v) is 12.7. The molecule has 5 rings (SSSR count). The van der Waals surface area contributed by atoms with E-state index in [-0.39, 0.29) is 0 Å². The fourth-order valence-corrected chi connectivity index (χ4v) is 5.28. The Bertz CT molecular complexity index is 1320. The maximum Gasteiger partial charge on any atom is 0.0817 e. The van der Waals surface area contributed by atoms with Crippen LogP contribution in [0.3, 0.4) is 0 Å². The van der Waals surface area contributed by atoms with Crippen molar-refractivity contribution in [2.24, 2.45) is 9.98 Å². The molecule has 3 aromatic carbocycles. The smallest absolute Gasteiger partial charge is 0.0817 e. The molecule has 0 aromatic heterocycles. The summed E-state index contributed by atoms with van der Waals surface area (Å²) in [7, 11) is 0. The molecule has 0 saturated heterocycles. The van der Waals surface area contributed by atoms with Gasteiger partial charge in [0, 0.05) is 21.6 Å². The first kappa shape index (κ1) is 21.1. The van der Waals surface area contributed by atoms with E-state index in [1.165, 1.54) is 91.3 Å². The van der Waals surface area contributed by atoms with Gasteiger partial charge in [-0.05, 0) is 42.7 Å². The molecule has 0 amide bonds. The van der Waals surface area contributed by atoms with Crippen LogP contribution >= 0.6 is 0 Å². The molecule has 2 nitrogen and oxygen atoms in total. The van der Waals surface area contributed by atoms with Crippen LogP contribution in [0.2, 0.25) is 0 Å². The van der Waals surface area contributed by atoms with Crippen LogP contribution in [-0.4, -0.2) is 0 Å². The van der Waals surface area contributed by atoms with Crippen molar-refractivity contribution < 1.29 is 0 Å². The highest BCUT2D eigenvalue weighted by Crippen LogP contribution is 2.42. The van der Waals surface area contributed by atoms with Crippen molar-refractivity contribution in [3.8, 4) is 11.1 Å². The lowest BCUT2D eigenvalue weighted by Gasteiger charge is -2.10. The standard InChI is InChI=1S/C30H34N2/c1-2-3-4-5-6-7-8-9-10-11-15-22-16-14-19-26-28(22)29-27(31-26)21-20-24-23-17-12-13-18-25(23)32-30(24)29/h12-14,16-21H,2-11,15H2,1H3. The Morgan fingerprint density at radius 2 is 1.31 bits per heavy atom. The molecule has 2 aliphatic heterocycles. The fraction of sp³-hybridized carbons (Fsp3) is 0.400.